The van der Waals surface area contributed by atoms with Crippen LogP contribution in [0.5, 0.6) is 0 Å². The number of likely N-dealkylation sites (tertiary alicyclic amines) is 1. The molecular weight excluding hydrogens is 484 g/mol. The minimum absolute atomic E-state index is 0.240. The Balaban J connectivity index is 1.33. The van der Waals surface area contributed by atoms with Crippen molar-refractivity contribution in [3.63, 3.8) is 0 Å². The van der Waals surface area contributed by atoms with E-state index in [-0.39, 0.29) is 4.95 Å². The van der Waals surface area contributed by atoms with Gasteiger partial charge in [0.05, 0.1) is 17.2 Å². The highest BCUT2D eigenvalue weighted by molar-refractivity contribution is 9.09. The first-order valence-corrected chi connectivity index (χ1v) is 12.4. The van der Waals surface area contributed by atoms with Crippen molar-refractivity contribution in [3.05, 3.63) is 119 Å². The van der Waals surface area contributed by atoms with Crippen molar-refractivity contribution in [3.8, 4) is 0 Å². The molecule has 2 aliphatic heterocycles. The Morgan fingerprint density at radius 1 is 0.969 bits per heavy atom. The van der Waals surface area contributed by atoms with Crippen molar-refractivity contribution >= 4 is 27.5 Å². The number of nitrogens with zero attached hydrogens (tertiary/aromatic N) is 2. The molecule has 4 atom stereocenters. The predicted molar refractivity (Wildman–Crippen MR) is 134 cm³/mol. The van der Waals surface area contributed by atoms with E-state index in [1.54, 1.807) is 0 Å². The topological polar surface area (TPSA) is 15.7 Å². The maximum atomic E-state index is 6.12. The highest BCUT2D eigenvalue weighted by Gasteiger charge is 2.45. The zero-order valence-electron chi connectivity index (χ0n) is 17.7. The lowest BCUT2D eigenvalue weighted by Crippen LogP contribution is -2.36. The van der Waals surface area contributed by atoms with Gasteiger partial charge in [-0.25, -0.2) is 5.06 Å². The fourth-order valence-electron chi connectivity index (χ4n) is 4.77. The molecule has 2 aromatic carbocycles. The summed E-state index contributed by atoms with van der Waals surface area (Å²) in [5.41, 5.74) is 3.71. The Morgan fingerprint density at radius 3 is 2.62 bits per heavy atom. The number of fused-ring (bicyclic) bond motifs is 3. The number of rotatable bonds is 7. The Labute approximate surface area is 203 Å². The summed E-state index contributed by atoms with van der Waals surface area (Å²) in [6, 6.07) is 18.8. The van der Waals surface area contributed by atoms with E-state index in [2.05, 4.69) is 87.7 Å². The summed E-state index contributed by atoms with van der Waals surface area (Å²) in [6.07, 6.45) is 17.5. The van der Waals surface area contributed by atoms with Crippen molar-refractivity contribution in [1.82, 2.24) is 9.96 Å². The summed E-state index contributed by atoms with van der Waals surface area (Å²) in [6.45, 7) is 0.470. The Bertz CT molecular complexity index is 1060. The third-order valence-electron chi connectivity index (χ3n) is 6.31. The second-order valence-electron chi connectivity index (χ2n) is 8.39. The van der Waals surface area contributed by atoms with Gasteiger partial charge in [0.15, 0.2) is 0 Å². The summed E-state index contributed by atoms with van der Waals surface area (Å²) in [4.78, 5) is 8.84. The number of hydroxylamine groups is 2. The average molecular weight is 510 g/mol. The van der Waals surface area contributed by atoms with Crippen LogP contribution in [-0.4, -0.2) is 21.0 Å². The van der Waals surface area contributed by atoms with E-state index in [9.17, 15) is 0 Å². The molecule has 32 heavy (non-hydrogen) atoms. The maximum Gasteiger partial charge on any atom is 0.100 e. The third kappa shape index (κ3) is 4.59. The summed E-state index contributed by atoms with van der Waals surface area (Å²) < 4.78 is 0. The molecule has 3 aliphatic rings. The summed E-state index contributed by atoms with van der Waals surface area (Å²) >= 11 is 10.1. The van der Waals surface area contributed by atoms with Crippen molar-refractivity contribution in [2.24, 2.45) is 11.8 Å². The van der Waals surface area contributed by atoms with Gasteiger partial charge in [-0.15, -0.1) is 0 Å². The second kappa shape index (κ2) is 9.70. The summed E-state index contributed by atoms with van der Waals surface area (Å²) in [7, 11) is 0. The first kappa shape index (κ1) is 21.6. The lowest BCUT2D eigenvalue weighted by Gasteiger charge is -2.34. The molecule has 2 aromatic rings. The van der Waals surface area contributed by atoms with Gasteiger partial charge in [0, 0.05) is 28.8 Å². The first-order valence-electron chi connectivity index (χ1n) is 11.1. The molecule has 0 bridgehead atoms. The van der Waals surface area contributed by atoms with E-state index in [0.29, 0.717) is 24.5 Å². The number of benzene rings is 2. The van der Waals surface area contributed by atoms with Gasteiger partial charge in [0.1, 0.15) is 6.61 Å². The Morgan fingerprint density at radius 2 is 1.78 bits per heavy atom. The van der Waals surface area contributed by atoms with Crippen LogP contribution in [0.25, 0.3) is 0 Å². The minimum Gasteiger partial charge on any atom is -0.353 e. The largest absolute Gasteiger partial charge is 0.353 e. The Kier molecular flexibility index (Phi) is 6.54. The second-order valence-corrected chi connectivity index (χ2v) is 9.88. The zero-order valence-corrected chi connectivity index (χ0v) is 20.1. The molecule has 0 radical (unpaired) electrons. The van der Waals surface area contributed by atoms with Gasteiger partial charge in [-0.2, -0.15) is 0 Å². The van der Waals surface area contributed by atoms with Gasteiger partial charge < -0.3 is 4.90 Å². The highest BCUT2D eigenvalue weighted by atomic mass is 79.9. The van der Waals surface area contributed by atoms with Crippen LogP contribution < -0.4 is 0 Å². The average Bonchev–Trinajstić information content (AvgIpc) is 3.16. The molecule has 3 nitrogen and oxygen atoms in total. The molecule has 0 N–H and O–H groups in total. The van der Waals surface area contributed by atoms with Crippen LogP contribution in [0, 0.1) is 11.8 Å². The standard InChI is InChI=1S/C27H26BrClN2O/c28-27(14-13-20-7-2-1-3-8-20)31-25-12-5-4-11-23(25)24-15-16-30(18-26(24)31)32-19-21-9-6-10-22(29)17-21/h1-12,15-18,23-25,27H,13-14,19H2. The van der Waals surface area contributed by atoms with Gasteiger partial charge in [-0.1, -0.05) is 100 Å². The molecule has 0 amide bonds. The first-order chi connectivity index (χ1) is 15.7. The zero-order chi connectivity index (χ0) is 21.9. The molecule has 2 heterocycles. The van der Waals surface area contributed by atoms with Gasteiger partial charge in [-0.3, -0.25) is 4.84 Å². The fourth-order valence-corrected chi connectivity index (χ4v) is 5.72. The number of hydrogen-bond acceptors (Lipinski definition) is 3. The van der Waals surface area contributed by atoms with Crippen molar-refractivity contribution in [2.45, 2.75) is 30.4 Å². The number of aryl methyl sites for hydroxylation is 1. The lowest BCUT2D eigenvalue weighted by molar-refractivity contribution is -0.0970. The van der Waals surface area contributed by atoms with Crippen LogP contribution in [0.15, 0.2) is 103 Å². The van der Waals surface area contributed by atoms with Gasteiger partial charge in [0.25, 0.3) is 0 Å². The maximum absolute atomic E-state index is 6.12. The SMILES string of the molecule is Clc1cccc(CON2C=CC3C(=C2)N(C(Br)CCc2ccccc2)C2C=CC=CC32)c1. The van der Waals surface area contributed by atoms with Crippen LogP contribution >= 0.6 is 27.5 Å². The minimum atomic E-state index is 0.240. The molecule has 1 saturated heterocycles. The fraction of sp³-hybridized carbons (Fsp3) is 0.259. The highest BCUT2D eigenvalue weighted by Crippen LogP contribution is 2.46. The summed E-state index contributed by atoms with van der Waals surface area (Å²) in [5, 5.41) is 2.56. The number of hydrogen-bond donors (Lipinski definition) is 0. The molecule has 5 rings (SSSR count). The van der Waals surface area contributed by atoms with Crippen molar-refractivity contribution < 1.29 is 4.84 Å². The third-order valence-corrected chi connectivity index (χ3v) is 7.44. The number of halogens is 2. The van der Waals surface area contributed by atoms with Gasteiger partial charge >= 0.3 is 0 Å². The van der Waals surface area contributed by atoms with Crippen molar-refractivity contribution in [1.29, 1.82) is 0 Å². The number of alkyl halides is 1. The predicted octanol–water partition coefficient (Wildman–Crippen LogP) is 6.84. The van der Waals surface area contributed by atoms with Crippen LogP contribution in [0.3, 0.4) is 0 Å². The van der Waals surface area contributed by atoms with E-state index in [0.717, 1.165) is 23.4 Å². The van der Waals surface area contributed by atoms with Crippen LogP contribution in [0.1, 0.15) is 17.5 Å². The Hall–Kier alpha value is -2.27. The van der Waals surface area contributed by atoms with E-state index < -0.39 is 0 Å². The quantitative estimate of drug-likeness (QED) is 0.300. The van der Waals surface area contributed by atoms with E-state index in [4.69, 9.17) is 16.4 Å². The van der Waals surface area contributed by atoms with E-state index >= 15 is 0 Å². The van der Waals surface area contributed by atoms with Gasteiger partial charge in [-0.05, 0) is 36.1 Å². The normalized spacial score (nSPS) is 24.3. The molecule has 0 saturated carbocycles. The monoisotopic (exact) mass is 508 g/mol. The molecule has 0 spiro atoms. The molecule has 1 fully saturated rings. The van der Waals surface area contributed by atoms with E-state index in [1.165, 1.54) is 11.3 Å². The molecule has 164 valence electrons. The van der Waals surface area contributed by atoms with E-state index in [1.807, 2.05) is 35.5 Å². The molecule has 4 unspecified atom stereocenters. The number of allylic oxidation sites excluding steroid dienone is 3. The molecule has 0 aromatic heterocycles. The lowest BCUT2D eigenvalue weighted by atomic mass is 9.86. The van der Waals surface area contributed by atoms with Crippen LogP contribution in [0.4, 0.5) is 0 Å². The van der Waals surface area contributed by atoms with Crippen LogP contribution in [-0.2, 0) is 17.9 Å². The summed E-state index contributed by atoms with van der Waals surface area (Å²) in [5.74, 6) is 0.790. The smallest absolute Gasteiger partial charge is 0.100 e. The van der Waals surface area contributed by atoms with Crippen LogP contribution in [0.2, 0.25) is 5.02 Å². The molecule has 1 aliphatic carbocycles. The van der Waals surface area contributed by atoms with Crippen molar-refractivity contribution in [2.75, 3.05) is 0 Å². The van der Waals surface area contributed by atoms with Gasteiger partial charge in [0.2, 0.25) is 0 Å². The molecule has 5 heteroatoms. The molecular formula is C27H26BrClN2O.